The lowest BCUT2D eigenvalue weighted by atomic mass is 9.99. The van der Waals surface area contributed by atoms with Gasteiger partial charge in [0.15, 0.2) is 0 Å². The third-order valence-corrected chi connectivity index (χ3v) is 5.29. The summed E-state index contributed by atoms with van der Waals surface area (Å²) >= 11 is 1.73. The molecule has 0 spiro atoms. The van der Waals surface area contributed by atoms with Crippen LogP contribution >= 0.6 is 11.3 Å². The molecule has 0 unspecified atom stereocenters. The lowest BCUT2D eigenvalue weighted by molar-refractivity contribution is 0.0657. The average Bonchev–Trinajstić information content (AvgIpc) is 2.80. The number of thiophene rings is 1. The molecule has 2 aliphatic rings. The lowest BCUT2D eigenvalue weighted by Crippen LogP contribution is -2.58. The molecule has 1 aliphatic carbocycles. The van der Waals surface area contributed by atoms with Gasteiger partial charge in [-0.05, 0) is 51.2 Å². The van der Waals surface area contributed by atoms with Crippen LogP contribution in [0, 0.1) is 0 Å². The molecule has 0 atom stereocenters. The topological polar surface area (TPSA) is 32.3 Å². The van der Waals surface area contributed by atoms with Gasteiger partial charge in [0.25, 0.3) is 5.91 Å². The molecular formula is C15H22N2OS. The molecule has 19 heavy (non-hydrogen) atoms. The Morgan fingerprint density at radius 1 is 1.37 bits per heavy atom. The molecule has 1 aromatic heterocycles. The van der Waals surface area contributed by atoms with Crippen molar-refractivity contribution in [1.29, 1.82) is 0 Å². The minimum Gasteiger partial charge on any atom is -0.335 e. The SMILES string of the molecule is CC1(C)CN(C(=O)c2cc3c(s2)CCCC3)CCN1. The molecule has 0 bridgehead atoms. The molecule has 0 saturated carbocycles. The van der Waals surface area contributed by atoms with E-state index in [1.54, 1.807) is 11.3 Å². The molecule has 4 heteroatoms. The number of hydrogen-bond acceptors (Lipinski definition) is 3. The fraction of sp³-hybridized carbons (Fsp3) is 0.667. The van der Waals surface area contributed by atoms with Crippen LogP contribution < -0.4 is 5.32 Å². The van der Waals surface area contributed by atoms with Gasteiger partial charge in [0.05, 0.1) is 4.88 Å². The quantitative estimate of drug-likeness (QED) is 0.856. The monoisotopic (exact) mass is 278 g/mol. The van der Waals surface area contributed by atoms with E-state index < -0.39 is 0 Å². The van der Waals surface area contributed by atoms with Gasteiger partial charge in [0.2, 0.25) is 0 Å². The van der Waals surface area contributed by atoms with E-state index in [1.807, 2.05) is 4.90 Å². The first-order valence-corrected chi connectivity index (χ1v) is 8.03. The van der Waals surface area contributed by atoms with Gasteiger partial charge >= 0.3 is 0 Å². The van der Waals surface area contributed by atoms with Crippen molar-refractivity contribution >= 4 is 17.2 Å². The van der Waals surface area contributed by atoms with Crippen molar-refractivity contribution in [3.8, 4) is 0 Å². The van der Waals surface area contributed by atoms with E-state index in [1.165, 1.54) is 29.7 Å². The smallest absolute Gasteiger partial charge is 0.264 e. The van der Waals surface area contributed by atoms with Crippen molar-refractivity contribution in [3.63, 3.8) is 0 Å². The van der Waals surface area contributed by atoms with Crippen LogP contribution in [0.5, 0.6) is 0 Å². The Labute approximate surface area is 119 Å². The van der Waals surface area contributed by atoms with Gasteiger partial charge in [0, 0.05) is 30.1 Å². The molecule has 1 fully saturated rings. The van der Waals surface area contributed by atoms with Gasteiger partial charge in [-0.1, -0.05) is 0 Å². The molecule has 0 radical (unpaired) electrons. The zero-order chi connectivity index (χ0) is 13.5. The van der Waals surface area contributed by atoms with Crippen LogP contribution in [-0.2, 0) is 12.8 Å². The number of carbonyl (C=O) groups is 1. The third kappa shape index (κ3) is 2.70. The Hall–Kier alpha value is -0.870. The second-order valence-corrected chi connectivity index (χ2v) is 7.44. The van der Waals surface area contributed by atoms with Gasteiger partial charge in [-0.3, -0.25) is 4.79 Å². The van der Waals surface area contributed by atoms with Crippen LogP contribution in [0.3, 0.4) is 0 Å². The van der Waals surface area contributed by atoms with Gasteiger partial charge < -0.3 is 10.2 Å². The Kier molecular flexibility index (Phi) is 3.39. The average molecular weight is 278 g/mol. The molecule has 3 rings (SSSR count). The number of nitrogens with one attached hydrogen (secondary N) is 1. The highest BCUT2D eigenvalue weighted by Crippen LogP contribution is 2.30. The van der Waals surface area contributed by atoms with E-state index in [9.17, 15) is 4.79 Å². The number of aryl methyl sites for hydroxylation is 2. The maximum Gasteiger partial charge on any atom is 0.264 e. The van der Waals surface area contributed by atoms with E-state index in [0.717, 1.165) is 30.9 Å². The largest absolute Gasteiger partial charge is 0.335 e. The first-order valence-electron chi connectivity index (χ1n) is 7.21. The fourth-order valence-electron chi connectivity index (χ4n) is 3.07. The van der Waals surface area contributed by atoms with Crippen LogP contribution in [0.25, 0.3) is 0 Å². The summed E-state index contributed by atoms with van der Waals surface area (Å²) in [6, 6.07) is 2.15. The molecule has 1 amide bonds. The minimum absolute atomic E-state index is 0.0325. The van der Waals surface area contributed by atoms with Crippen LogP contribution in [0.15, 0.2) is 6.07 Å². The Morgan fingerprint density at radius 2 is 2.16 bits per heavy atom. The molecule has 1 N–H and O–H groups in total. The zero-order valence-corrected chi connectivity index (χ0v) is 12.6. The van der Waals surface area contributed by atoms with Gasteiger partial charge in [-0.15, -0.1) is 11.3 Å². The number of nitrogens with zero attached hydrogens (tertiary/aromatic N) is 1. The molecule has 1 aromatic rings. The molecule has 1 aliphatic heterocycles. The highest BCUT2D eigenvalue weighted by atomic mass is 32.1. The highest BCUT2D eigenvalue weighted by molar-refractivity contribution is 7.14. The van der Waals surface area contributed by atoms with Gasteiger partial charge in [-0.2, -0.15) is 0 Å². The summed E-state index contributed by atoms with van der Waals surface area (Å²) in [4.78, 5) is 17.0. The predicted molar refractivity (Wildman–Crippen MR) is 78.9 cm³/mol. The van der Waals surface area contributed by atoms with Gasteiger partial charge in [0.1, 0.15) is 0 Å². The maximum atomic E-state index is 12.6. The molecule has 2 heterocycles. The minimum atomic E-state index is 0.0325. The van der Waals surface area contributed by atoms with E-state index >= 15 is 0 Å². The molecule has 1 saturated heterocycles. The Bertz CT molecular complexity index is 469. The summed E-state index contributed by atoms with van der Waals surface area (Å²) in [6.07, 6.45) is 4.88. The summed E-state index contributed by atoms with van der Waals surface area (Å²) < 4.78 is 0. The van der Waals surface area contributed by atoms with Gasteiger partial charge in [-0.25, -0.2) is 0 Å². The van der Waals surface area contributed by atoms with Crippen molar-refractivity contribution in [2.24, 2.45) is 0 Å². The van der Waals surface area contributed by atoms with Crippen LogP contribution in [-0.4, -0.2) is 36.0 Å². The first kappa shape index (κ1) is 13.1. The number of piperazine rings is 1. The van der Waals surface area contributed by atoms with Crippen molar-refractivity contribution < 1.29 is 4.79 Å². The number of fused-ring (bicyclic) bond motifs is 1. The van der Waals surface area contributed by atoms with Crippen molar-refractivity contribution in [2.75, 3.05) is 19.6 Å². The molecular weight excluding hydrogens is 256 g/mol. The number of rotatable bonds is 1. The van der Waals surface area contributed by atoms with Crippen molar-refractivity contribution in [3.05, 3.63) is 21.4 Å². The summed E-state index contributed by atoms with van der Waals surface area (Å²) in [5, 5.41) is 3.45. The summed E-state index contributed by atoms with van der Waals surface area (Å²) in [7, 11) is 0. The fourth-order valence-corrected chi connectivity index (χ4v) is 4.29. The number of hydrogen-bond donors (Lipinski definition) is 1. The third-order valence-electron chi connectivity index (χ3n) is 4.07. The predicted octanol–water partition coefficient (Wildman–Crippen LogP) is 2.45. The van der Waals surface area contributed by atoms with E-state index in [-0.39, 0.29) is 11.4 Å². The van der Waals surface area contributed by atoms with E-state index in [2.05, 4.69) is 25.2 Å². The standard InChI is InChI=1S/C15H22N2OS/c1-15(2)10-17(8-7-16-15)14(18)13-9-11-5-3-4-6-12(11)19-13/h9,16H,3-8,10H2,1-2H3. The molecule has 0 aromatic carbocycles. The summed E-state index contributed by atoms with van der Waals surface area (Å²) in [5.41, 5.74) is 1.46. The normalized spacial score (nSPS) is 22.1. The van der Waals surface area contributed by atoms with Crippen molar-refractivity contribution in [1.82, 2.24) is 10.2 Å². The van der Waals surface area contributed by atoms with Crippen LogP contribution in [0.1, 0.15) is 46.8 Å². The second-order valence-electron chi connectivity index (χ2n) is 6.30. The molecule has 3 nitrogen and oxygen atoms in total. The zero-order valence-electron chi connectivity index (χ0n) is 11.8. The second kappa shape index (κ2) is 4.91. The van der Waals surface area contributed by atoms with E-state index in [4.69, 9.17) is 0 Å². The Balaban J connectivity index is 1.78. The molecule has 104 valence electrons. The summed E-state index contributed by atoms with van der Waals surface area (Å²) in [5.74, 6) is 0.231. The number of carbonyl (C=O) groups excluding carboxylic acids is 1. The Morgan fingerprint density at radius 3 is 2.89 bits per heavy atom. The highest BCUT2D eigenvalue weighted by Gasteiger charge is 2.30. The number of amides is 1. The summed E-state index contributed by atoms with van der Waals surface area (Å²) in [6.45, 7) is 6.83. The van der Waals surface area contributed by atoms with E-state index in [0.29, 0.717) is 0 Å². The van der Waals surface area contributed by atoms with Crippen LogP contribution in [0.2, 0.25) is 0 Å². The lowest BCUT2D eigenvalue weighted by Gasteiger charge is -2.38. The van der Waals surface area contributed by atoms with Crippen molar-refractivity contribution in [2.45, 2.75) is 45.1 Å². The maximum absolute atomic E-state index is 12.6. The first-order chi connectivity index (χ1) is 9.05. The van der Waals surface area contributed by atoms with Crippen LogP contribution in [0.4, 0.5) is 0 Å².